The Hall–Kier alpha value is -13.8. The van der Waals surface area contributed by atoms with Crippen molar-refractivity contribution in [2.45, 2.75) is 6.92 Å². The van der Waals surface area contributed by atoms with E-state index in [2.05, 4.69) is 387 Å². The Morgan fingerprint density at radius 3 is 1.09 bits per heavy atom. The molecular formula is C101H68N2O2. The first-order valence-electron chi connectivity index (χ1n) is 35.9. The number of para-hydroxylation sites is 4. The van der Waals surface area contributed by atoms with Crippen molar-refractivity contribution in [3.05, 3.63) is 400 Å². The summed E-state index contributed by atoms with van der Waals surface area (Å²) in [6, 6.07) is 141. The molecule has 18 aromatic carbocycles. The molecule has 0 fully saturated rings. The van der Waals surface area contributed by atoms with Crippen LogP contribution >= 0.6 is 0 Å². The van der Waals surface area contributed by atoms with Gasteiger partial charge < -0.3 is 18.6 Å². The molecule has 20 aromatic rings. The summed E-state index contributed by atoms with van der Waals surface area (Å²) in [6.45, 7) is 2.18. The SMILES string of the molecule is Cc1cccc2c1ccc1cc(N(c3ccc(-c4ccc(-c5ccccc5)cc4)cc3)c3ccc(-c4cccc5c4oc4ccccc45)cc3)ccc12.c1ccc(-c2cccc(N(c3ccc(-c4ccc5c(ccc6ccccc65)c4)cc3)c3ccc(-c4cccc5c4oc4ccccc45)cc3)c2)cc1. The third-order valence-corrected chi connectivity index (χ3v) is 20.9. The highest BCUT2D eigenvalue weighted by molar-refractivity contribution is 6.13. The monoisotopic (exact) mass is 1340 g/mol. The molecule has 494 valence electrons. The summed E-state index contributed by atoms with van der Waals surface area (Å²) in [6.07, 6.45) is 0. The largest absolute Gasteiger partial charge is 0.455 e. The zero-order chi connectivity index (χ0) is 69.7. The van der Waals surface area contributed by atoms with E-state index in [1.54, 1.807) is 0 Å². The van der Waals surface area contributed by atoms with Gasteiger partial charge in [-0.3, -0.25) is 0 Å². The van der Waals surface area contributed by atoms with Crippen LogP contribution in [-0.2, 0) is 0 Å². The highest BCUT2D eigenvalue weighted by Gasteiger charge is 2.20. The van der Waals surface area contributed by atoms with Gasteiger partial charge in [-0.1, -0.05) is 303 Å². The van der Waals surface area contributed by atoms with Gasteiger partial charge in [0.25, 0.3) is 0 Å². The number of fused-ring (bicyclic) bond motifs is 12. The Kier molecular flexibility index (Phi) is 15.8. The molecule has 0 spiro atoms. The van der Waals surface area contributed by atoms with Crippen molar-refractivity contribution in [2.24, 2.45) is 0 Å². The van der Waals surface area contributed by atoms with Crippen molar-refractivity contribution >= 4 is 121 Å². The van der Waals surface area contributed by atoms with Crippen molar-refractivity contribution in [2.75, 3.05) is 9.80 Å². The van der Waals surface area contributed by atoms with Crippen molar-refractivity contribution in [3.63, 3.8) is 0 Å². The van der Waals surface area contributed by atoms with Crippen LogP contribution in [0, 0.1) is 6.92 Å². The Labute approximate surface area is 609 Å². The summed E-state index contributed by atoms with van der Waals surface area (Å²) in [5, 5.41) is 14.7. The topological polar surface area (TPSA) is 32.8 Å². The highest BCUT2D eigenvalue weighted by atomic mass is 16.3. The van der Waals surface area contributed by atoms with Crippen LogP contribution in [0.3, 0.4) is 0 Å². The number of furan rings is 2. The van der Waals surface area contributed by atoms with E-state index in [1.807, 2.05) is 24.3 Å². The van der Waals surface area contributed by atoms with Crippen molar-refractivity contribution < 1.29 is 8.83 Å². The van der Waals surface area contributed by atoms with Crippen molar-refractivity contribution in [3.8, 4) is 66.8 Å². The minimum atomic E-state index is 0.909. The third-order valence-electron chi connectivity index (χ3n) is 20.9. The minimum absolute atomic E-state index is 0.909. The molecule has 0 aliphatic heterocycles. The maximum Gasteiger partial charge on any atom is 0.143 e. The zero-order valence-corrected chi connectivity index (χ0v) is 57.7. The van der Waals surface area contributed by atoms with Crippen LogP contribution in [0.4, 0.5) is 34.1 Å². The number of hydrogen-bond acceptors (Lipinski definition) is 4. The molecule has 0 aliphatic rings. The molecule has 4 nitrogen and oxygen atoms in total. The summed E-state index contributed by atoms with van der Waals surface area (Å²) < 4.78 is 12.8. The van der Waals surface area contributed by atoms with Crippen LogP contribution in [0.2, 0.25) is 0 Å². The van der Waals surface area contributed by atoms with Gasteiger partial charge in [0.05, 0.1) is 0 Å². The highest BCUT2D eigenvalue weighted by Crippen LogP contribution is 2.45. The van der Waals surface area contributed by atoms with Crippen molar-refractivity contribution in [1.82, 2.24) is 0 Å². The molecule has 4 heteroatoms. The van der Waals surface area contributed by atoms with Gasteiger partial charge in [0.1, 0.15) is 22.3 Å². The molecule has 0 radical (unpaired) electrons. The molecule has 0 saturated carbocycles. The van der Waals surface area contributed by atoms with E-state index in [9.17, 15) is 0 Å². The van der Waals surface area contributed by atoms with E-state index < -0.39 is 0 Å². The minimum Gasteiger partial charge on any atom is -0.455 e. The van der Waals surface area contributed by atoms with E-state index in [4.69, 9.17) is 8.83 Å². The summed E-state index contributed by atoms with van der Waals surface area (Å²) >= 11 is 0. The Morgan fingerprint density at radius 2 is 0.514 bits per heavy atom. The summed E-state index contributed by atoms with van der Waals surface area (Å²) in [5.74, 6) is 0. The lowest BCUT2D eigenvalue weighted by molar-refractivity contribution is 0.669. The predicted octanol–water partition coefficient (Wildman–Crippen LogP) is 29.0. The number of hydrogen-bond donors (Lipinski definition) is 0. The van der Waals surface area contributed by atoms with Crippen LogP contribution in [0.1, 0.15) is 5.56 Å². The maximum absolute atomic E-state index is 6.40. The first-order chi connectivity index (χ1) is 51.9. The van der Waals surface area contributed by atoms with Gasteiger partial charge in [-0.05, 0) is 202 Å². The molecule has 0 amide bonds. The van der Waals surface area contributed by atoms with Crippen molar-refractivity contribution in [1.29, 1.82) is 0 Å². The lowest BCUT2D eigenvalue weighted by atomic mass is 9.97. The zero-order valence-electron chi connectivity index (χ0n) is 57.7. The molecule has 2 heterocycles. The molecule has 0 unspecified atom stereocenters. The number of nitrogens with zero attached hydrogens (tertiary/aromatic N) is 2. The van der Waals surface area contributed by atoms with Crippen LogP contribution in [0.25, 0.3) is 154 Å². The number of aryl methyl sites for hydroxylation is 1. The van der Waals surface area contributed by atoms with Crippen LogP contribution in [0.5, 0.6) is 0 Å². The van der Waals surface area contributed by atoms with Gasteiger partial charge in [0.15, 0.2) is 0 Å². The average molecular weight is 1340 g/mol. The number of anilines is 6. The standard InChI is InChI=1S/C51H35NO.C50H33NO/c1-34-9-7-14-47-44(34)31-25-40-33-43(30-32-45(40)47)52(41-26-21-38(22-27-41)37-19-17-36(18-20-37)35-10-3-2-4-11-35)42-28-23-39(24-29-42)46-13-8-15-49-48-12-5-6-16-50(48)53-51(46)49;1-2-10-34(11-3-1)38-13-8-14-43(33-38)51(42-29-24-37(25-30-42)46-17-9-18-48-47-16-6-7-19-49(47)52-50(46)48)41-27-22-35(23-28-41)39-26-31-45-40(32-39)21-20-36-12-4-5-15-44(36)45/h2-33H,1H3;1-33H. The van der Waals surface area contributed by atoms with Crippen LogP contribution in [-0.4, -0.2) is 0 Å². The average Bonchev–Trinajstić information content (AvgIpc) is 1.64. The van der Waals surface area contributed by atoms with Gasteiger partial charge in [0.2, 0.25) is 0 Å². The Morgan fingerprint density at radius 1 is 0.181 bits per heavy atom. The summed E-state index contributed by atoms with van der Waals surface area (Å²) in [4.78, 5) is 4.70. The quantitative estimate of drug-likeness (QED) is 0.114. The fraction of sp³-hybridized carbons (Fsp3) is 0.00990. The van der Waals surface area contributed by atoms with E-state index in [0.717, 1.165) is 100 Å². The molecule has 105 heavy (non-hydrogen) atoms. The molecular weight excluding hydrogens is 1270 g/mol. The number of rotatable bonds is 12. The first-order valence-corrected chi connectivity index (χ1v) is 35.9. The predicted molar refractivity (Wildman–Crippen MR) is 444 cm³/mol. The first kappa shape index (κ1) is 62.2. The van der Waals surface area contributed by atoms with E-state index in [0.29, 0.717) is 0 Å². The van der Waals surface area contributed by atoms with E-state index >= 15 is 0 Å². The van der Waals surface area contributed by atoms with Gasteiger partial charge in [-0.15, -0.1) is 0 Å². The molecule has 0 saturated heterocycles. The second-order valence-corrected chi connectivity index (χ2v) is 27.1. The second-order valence-electron chi connectivity index (χ2n) is 27.1. The third kappa shape index (κ3) is 11.7. The maximum atomic E-state index is 6.40. The molecule has 2 aromatic heterocycles. The molecule has 0 N–H and O–H groups in total. The van der Waals surface area contributed by atoms with Crippen LogP contribution < -0.4 is 9.80 Å². The fourth-order valence-electron chi connectivity index (χ4n) is 15.5. The molecule has 0 bridgehead atoms. The number of benzene rings is 18. The second kappa shape index (κ2) is 26.6. The van der Waals surface area contributed by atoms with Gasteiger partial charge >= 0.3 is 0 Å². The fourth-order valence-corrected chi connectivity index (χ4v) is 15.5. The lowest BCUT2D eigenvalue weighted by Gasteiger charge is -2.26. The molecule has 0 atom stereocenters. The Balaban J connectivity index is 0.000000144. The van der Waals surface area contributed by atoms with Crippen LogP contribution in [0.15, 0.2) is 403 Å². The summed E-state index contributed by atoms with van der Waals surface area (Å²) in [7, 11) is 0. The van der Waals surface area contributed by atoms with Gasteiger partial charge in [-0.25, -0.2) is 0 Å². The normalized spacial score (nSPS) is 11.5. The van der Waals surface area contributed by atoms with Gasteiger partial charge in [-0.2, -0.15) is 0 Å². The molecule has 0 aliphatic carbocycles. The summed E-state index contributed by atoms with van der Waals surface area (Å²) in [5.41, 5.74) is 25.5. The Bertz CT molecular complexity index is 6620. The van der Waals surface area contributed by atoms with Gasteiger partial charge in [0, 0.05) is 66.8 Å². The smallest absolute Gasteiger partial charge is 0.143 e. The van der Waals surface area contributed by atoms with E-state index in [-0.39, 0.29) is 0 Å². The molecule has 20 rings (SSSR count). The lowest BCUT2D eigenvalue weighted by Crippen LogP contribution is -2.10. The van der Waals surface area contributed by atoms with E-state index in [1.165, 1.54) is 93.2 Å².